The number of nitrogens with one attached hydrogen (secondary N) is 1. The topological polar surface area (TPSA) is 12.0 Å². The molecule has 1 nitrogen and oxygen atoms in total. The molecule has 2 unspecified atom stereocenters. The van der Waals surface area contributed by atoms with E-state index in [2.05, 4.69) is 52.6 Å². The maximum Gasteiger partial charge on any atom is 0.00966 e. The van der Waals surface area contributed by atoms with Crippen molar-refractivity contribution < 1.29 is 0 Å². The lowest BCUT2D eigenvalue weighted by Gasteiger charge is -2.42. The van der Waals surface area contributed by atoms with Gasteiger partial charge in [0.1, 0.15) is 0 Å². The van der Waals surface area contributed by atoms with Gasteiger partial charge in [-0.2, -0.15) is 0 Å². The Morgan fingerprint density at radius 1 is 1.14 bits per heavy atom. The lowest BCUT2D eigenvalue weighted by Crippen LogP contribution is -2.43. The van der Waals surface area contributed by atoms with Gasteiger partial charge in [-0.3, -0.25) is 0 Å². The fourth-order valence-electron chi connectivity index (χ4n) is 3.71. The van der Waals surface area contributed by atoms with E-state index in [-0.39, 0.29) is 5.54 Å². The standard InChI is InChI=1S/C20H39N/c1-7-8-9-10-11-12-17-15-20(5,6)14-13-18(17)16-21-19(2,3)4/h7,17-18,21H,1,8-16H2,2-6H3. The normalized spacial score (nSPS) is 25.8. The third-order valence-electron chi connectivity index (χ3n) is 5.05. The van der Waals surface area contributed by atoms with Gasteiger partial charge in [-0.25, -0.2) is 0 Å². The zero-order chi connectivity index (χ0) is 15.9. The predicted octanol–water partition coefficient (Wildman–Crippen LogP) is 5.95. The Balaban J connectivity index is 2.44. The van der Waals surface area contributed by atoms with Crippen LogP contribution in [-0.2, 0) is 0 Å². The summed E-state index contributed by atoms with van der Waals surface area (Å²) in [6.07, 6.45) is 13.0. The highest BCUT2D eigenvalue weighted by Crippen LogP contribution is 2.43. The summed E-state index contributed by atoms with van der Waals surface area (Å²) in [6.45, 7) is 16.8. The molecule has 1 rings (SSSR count). The van der Waals surface area contributed by atoms with Crippen LogP contribution in [0.5, 0.6) is 0 Å². The lowest BCUT2D eigenvalue weighted by atomic mass is 9.65. The Morgan fingerprint density at radius 2 is 1.86 bits per heavy atom. The third kappa shape index (κ3) is 8.04. The number of hydrogen-bond donors (Lipinski definition) is 1. The molecule has 0 radical (unpaired) electrons. The summed E-state index contributed by atoms with van der Waals surface area (Å²) in [4.78, 5) is 0. The van der Waals surface area contributed by atoms with E-state index in [0.29, 0.717) is 5.41 Å². The molecule has 21 heavy (non-hydrogen) atoms. The van der Waals surface area contributed by atoms with Crippen molar-refractivity contribution in [3.8, 4) is 0 Å². The molecule has 0 aromatic heterocycles. The fourth-order valence-corrected chi connectivity index (χ4v) is 3.71. The van der Waals surface area contributed by atoms with Crippen LogP contribution < -0.4 is 5.32 Å². The van der Waals surface area contributed by atoms with Crippen molar-refractivity contribution in [1.82, 2.24) is 5.32 Å². The number of unbranched alkanes of at least 4 members (excludes halogenated alkanes) is 3. The average Bonchev–Trinajstić information content (AvgIpc) is 2.35. The quantitative estimate of drug-likeness (QED) is 0.430. The molecule has 0 spiro atoms. The van der Waals surface area contributed by atoms with Crippen LogP contribution in [0, 0.1) is 17.3 Å². The van der Waals surface area contributed by atoms with Crippen molar-refractivity contribution in [1.29, 1.82) is 0 Å². The second-order valence-corrected chi connectivity index (χ2v) is 8.98. The molecular formula is C20H39N. The van der Waals surface area contributed by atoms with Crippen LogP contribution in [0.15, 0.2) is 12.7 Å². The molecule has 1 aliphatic carbocycles. The molecule has 0 aliphatic heterocycles. The molecule has 0 aromatic carbocycles. The third-order valence-corrected chi connectivity index (χ3v) is 5.05. The minimum Gasteiger partial charge on any atom is -0.312 e. The summed E-state index contributed by atoms with van der Waals surface area (Å²) in [5.41, 5.74) is 0.811. The average molecular weight is 294 g/mol. The van der Waals surface area contributed by atoms with E-state index in [0.717, 1.165) is 11.8 Å². The molecule has 0 saturated heterocycles. The molecule has 0 aromatic rings. The Bertz CT molecular complexity index is 297. The first-order chi connectivity index (χ1) is 9.73. The van der Waals surface area contributed by atoms with Gasteiger partial charge in [0.05, 0.1) is 0 Å². The van der Waals surface area contributed by atoms with Gasteiger partial charge in [-0.05, 0) is 76.7 Å². The van der Waals surface area contributed by atoms with E-state index >= 15 is 0 Å². The highest BCUT2D eigenvalue weighted by atomic mass is 14.9. The first-order valence-corrected chi connectivity index (χ1v) is 9.09. The van der Waals surface area contributed by atoms with Crippen LogP contribution in [0.25, 0.3) is 0 Å². The van der Waals surface area contributed by atoms with E-state index < -0.39 is 0 Å². The summed E-state index contributed by atoms with van der Waals surface area (Å²) < 4.78 is 0. The molecule has 1 saturated carbocycles. The van der Waals surface area contributed by atoms with Crippen LogP contribution in [0.4, 0.5) is 0 Å². The van der Waals surface area contributed by atoms with E-state index in [9.17, 15) is 0 Å². The smallest absolute Gasteiger partial charge is 0.00966 e. The van der Waals surface area contributed by atoms with Gasteiger partial charge < -0.3 is 5.32 Å². The van der Waals surface area contributed by atoms with Gasteiger partial charge in [0.25, 0.3) is 0 Å². The second-order valence-electron chi connectivity index (χ2n) is 8.98. The molecule has 1 fully saturated rings. The summed E-state index contributed by atoms with van der Waals surface area (Å²) in [6, 6.07) is 0. The first kappa shape index (κ1) is 18.7. The molecule has 2 atom stereocenters. The van der Waals surface area contributed by atoms with Gasteiger partial charge in [0.15, 0.2) is 0 Å². The Labute approximate surface area is 134 Å². The van der Waals surface area contributed by atoms with Crippen LogP contribution >= 0.6 is 0 Å². The molecule has 0 amide bonds. The Kier molecular flexibility index (Phi) is 7.47. The molecule has 1 N–H and O–H groups in total. The van der Waals surface area contributed by atoms with Gasteiger partial charge in [-0.1, -0.05) is 39.2 Å². The van der Waals surface area contributed by atoms with Crippen molar-refractivity contribution in [3.63, 3.8) is 0 Å². The van der Waals surface area contributed by atoms with E-state index in [1.54, 1.807) is 0 Å². The van der Waals surface area contributed by atoms with Crippen LogP contribution in [0.3, 0.4) is 0 Å². The van der Waals surface area contributed by atoms with E-state index in [1.165, 1.54) is 57.9 Å². The molecule has 1 heteroatoms. The highest BCUT2D eigenvalue weighted by Gasteiger charge is 2.34. The van der Waals surface area contributed by atoms with Crippen LogP contribution in [0.1, 0.15) is 86.0 Å². The minimum atomic E-state index is 0.251. The summed E-state index contributed by atoms with van der Waals surface area (Å²) in [5, 5.41) is 3.75. The summed E-state index contributed by atoms with van der Waals surface area (Å²) >= 11 is 0. The van der Waals surface area contributed by atoms with E-state index in [1.807, 2.05) is 0 Å². The zero-order valence-electron chi connectivity index (χ0n) is 15.3. The monoisotopic (exact) mass is 293 g/mol. The number of rotatable bonds is 8. The van der Waals surface area contributed by atoms with Gasteiger partial charge in [0.2, 0.25) is 0 Å². The summed E-state index contributed by atoms with van der Waals surface area (Å²) in [5.74, 6) is 1.81. The van der Waals surface area contributed by atoms with Crippen molar-refractivity contribution in [2.75, 3.05) is 6.54 Å². The molecular weight excluding hydrogens is 254 g/mol. The maximum absolute atomic E-state index is 3.82. The summed E-state index contributed by atoms with van der Waals surface area (Å²) in [7, 11) is 0. The first-order valence-electron chi connectivity index (χ1n) is 9.09. The zero-order valence-corrected chi connectivity index (χ0v) is 15.3. The largest absolute Gasteiger partial charge is 0.312 e. The molecule has 124 valence electrons. The minimum absolute atomic E-state index is 0.251. The second kappa shape index (κ2) is 8.36. The Morgan fingerprint density at radius 3 is 2.48 bits per heavy atom. The highest BCUT2D eigenvalue weighted by molar-refractivity contribution is 4.87. The SMILES string of the molecule is C=CCCCCCC1CC(C)(C)CCC1CNC(C)(C)C. The molecule has 1 aliphatic rings. The fraction of sp³-hybridized carbons (Fsp3) is 0.900. The van der Waals surface area contributed by atoms with E-state index in [4.69, 9.17) is 0 Å². The number of allylic oxidation sites excluding steroid dienone is 1. The molecule has 0 bridgehead atoms. The molecule has 0 heterocycles. The van der Waals surface area contributed by atoms with Crippen molar-refractivity contribution in [2.45, 2.75) is 91.5 Å². The van der Waals surface area contributed by atoms with Crippen LogP contribution in [0.2, 0.25) is 0 Å². The van der Waals surface area contributed by atoms with Crippen LogP contribution in [-0.4, -0.2) is 12.1 Å². The number of hydrogen-bond acceptors (Lipinski definition) is 1. The predicted molar refractivity (Wildman–Crippen MR) is 95.6 cm³/mol. The Hall–Kier alpha value is -0.300. The van der Waals surface area contributed by atoms with Gasteiger partial charge in [-0.15, -0.1) is 6.58 Å². The lowest BCUT2D eigenvalue weighted by molar-refractivity contribution is 0.103. The van der Waals surface area contributed by atoms with Gasteiger partial charge >= 0.3 is 0 Å². The van der Waals surface area contributed by atoms with Crippen molar-refractivity contribution >= 4 is 0 Å². The van der Waals surface area contributed by atoms with Gasteiger partial charge in [0, 0.05) is 5.54 Å². The van der Waals surface area contributed by atoms with Crippen molar-refractivity contribution in [3.05, 3.63) is 12.7 Å². The van der Waals surface area contributed by atoms with Crippen molar-refractivity contribution in [2.24, 2.45) is 17.3 Å². The maximum atomic E-state index is 3.82.